The largest absolute Gasteiger partial charge is 0.354 e. The van der Waals surface area contributed by atoms with Crippen molar-refractivity contribution < 1.29 is 9.59 Å². The summed E-state index contributed by atoms with van der Waals surface area (Å²) in [6.07, 6.45) is 4.81. The van der Waals surface area contributed by atoms with E-state index >= 15 is 0 Å². The van der Waals surface area contributed by atoms with Gasteiger partial charge >= 0.3 is 0 Å². The molecule has 0 aliphatic carbocycles. The zero-order valence-corrected chi connectivity index (χ0v) is 22.0. The van der Waals surface area contributed by atoms with Crippen LogP contribution in [-0.2, 0) is 16.0 Å². The molecule has 7 heteroatoms. The summed E-state index contributed by atoms with van der Waals surface area (Å²) in [5.74, 6) is 1.42. The van der Waals surface area contributed by atoms with Crippen LogP contribution in [0.15, 0.2) is 85.1 Å². The standard InChI is InChI=1S/C32H33N5O2/c38-31(21-26-7-3-6-25-5-1-2-8-29(25)26)36-18-14-24(15-19-36)23-10-12-28(13-11-23)34-32(39)27-16-20-37(22-27)30-9-4-17-33-35-30/h1-13,17,24,27H,14-16,18-22H2,(H,34,39)/t27-/m0/s1. The number of hydrogen-bond donors (Lipinski definition) is 1. The van der Waals surface area contributed by atoms with E-state index in [-0.39, 0.29) is 17.7 Å². The molecule has 198 valence electrons. The van der Waals surface area contributed by atoms with Crippen LogP contribution >= 0.6 is 0 Å². The molecule has 4 aromatic rings. The Balaban J connectivity index is 0.997. The van der Waals surface area contributed by atoms with E-state index in [1.165, 1.54) is 10.9 Å². The van der Waals surface area contributed by atoms with Gasteiger partial charge in [0.25, 0.3) is 0 Å². The number of anilines is 2. The number of hydrogen-bond acceptors (Lipinski definition) is 5. The van der Waals surface area contributed by atoms with Crippen molar-refractivity contribution in [2.24, 2.45) is 5.92 Å². The Bertz CT molecular complexity index is 1440. The molecule has 1 aromatic heterocycles. The highest BCUT2D eigenvalue weighted by Crippen LogP contribution is 2.30. The molecule has 39 heavy (non-hydrogen) atoms. The first-order valence-electron chi connectivity index (χ1n) is 13.8. The van der Waals surface area contributed by atoms with Gasteiger partial charge in [-0.1, -0.05) is 54.6 Å². The van der Waals surface area contributed by atoms with Crippen molar-refractivity contribution in [3.63, 3.8) is 0 Å². The Hall–Kier alpha value is -4.26. The van der Waals surface area contributed by atoms with Gasteiger partial charge in [-0.15, -0.1) is 5.10 Å². The third kappa shape index (κ3) is 5.62. The molecular weight excluding hydrogens is 486 g/mol. The molecule has 6 rings (SSSR count). The number of fused-ring (bicyclic) bond motifs is 1. The van der Waals surface area contributed by atoms with Crippen molar-refractivity contribution >= 4 is 34.1 Å². The molecule has 2 aliphatic heterocycles. The number of nitrogens with zero attached hydrogens (tertiary/aromatic N) is 4. The summed E-state index contributed by atoms with van der Waals surface area (Å²) >= 11 is 0. The van der Waals surface area contributed by atoms with Crippen LogP contribution in [0, 0.1) is 5.92 Å². The molecule has 0 unspecified atom stereocenters. The minimum absolute atomic E-state index is 0.0483. The van der Waals surface area contributed by atoms with Crippen LogP contribution in [0.25, 0.3) is 10.8 Å². The van der Waals surface area contributed by atoms with E-state index in [2.05, 4.69) is 56.8 Å². The number of carbonyl (C=O) groups is 2. The van der Waals surface area contributed by atoms with E-state index in [0.29, 0.717) is 18.9 Å². The van der Waals surface area contributed by atoms with E-state index in [1.807, 2.05) is 47.4 Å². The van der Waals surface area contributed by atoms with E-state index in [0.717, 1.165) is 61.4 Å². The zero-order chi connectivity index (χ0) is 26.6. The number of aromatic nitrogens is 2. The minimum Gasteiger partial charge on any atom is -0.354 e. The summed E-state index contributed by atoms with van der Waals surface area (Å²) < 4.78 is 0. The molecule has 0 spiro atoms. The van der Waals surface area contributed by atoms with Gasteiger partial charge in [0.15, 0.2) is 5.82 Å². The number of benzene rings is 3. The topological polar surface area (TPSA) is 78.4 Å². The maximum absolute atomic E-state index is 13.1. The molecule has 7 nitrogen and oxygen atoms in total. The second-order valence-corrected chi connectivity index (χ2v) is 10.6. The number of nitrogens with one attached hydrogen (secondary N) is 1. The van der Waals surface area contributed by atoms with E-state index in [1.54, 1.807) is 6.20 Å². The van der Waals surface area contributed by atoms with Crippen LogP contribution < -0.4 is 10.2 Å². The first kappa shape index (κ1) is 25.0. The van der Waals surface area contributed by atoms with Gasteiger partial charge in [-0.2, -0.15) is 5.10 Å². The van der Waals surface area contributed by atoms with Gasteiger partial charge in [0.1, 0.15) is 0 Å². The molecule has 3 heterocycles. The van der Waals surface area contributed by atoms with Crippen LogP contribution in [0.4, 0.5) is 11.5 Å². The number of piperidine rings is 1. The average Bonchev–Trinajstić information content (AvgIpc) is 3.49. The van der Waals surface area contributed by atoms with Crippen molar-refractivity contribution in [3.05, 3.63) is 96.2 Å². The summed E-state index contributed by atoms with van der Waals surface area (Å²) in [5.41, 5.74) is 3.19. The van der Waals surface area contributed by atoms with Gasteiger partial charge in [0.05, 0.1) is 12.3 Å². The molecule has 2 aliphatic rings. The van der Waals surface area contributed by atoms with E-state index in [9.17, 15) is 9.59 Å². The predicted octanol–water partition coefficient (Wildman–Crippen LogP) is 5.04. The van der Waals surface area contributed by atoms with E-state index < -0.39 is 0 Å². The molecule has 0 bridgehead atoms. The average molecular weight is 520 g/mol. The molecule has 1 atom stereocenters. The quantitative estimate of drug-likeness (QED) is 0.386. The van der Waals surface area contributed by atoms with Crippen LogP contribution in [-0.4, -0.2) is 53.1 Å². The number of amides is 2. The van der Waals surface area contributed by atoms with Gasteiger partial charge in [-0.05, 0) is 71.3 Å². The van der Waals surface area contributed by atoms with Crippen molar-refractivity contribution in [3.8, 4) is 0 Å². The Morgan fingerprint density at radius 3 is 2.44 bits per heavy atom. The molecule has 2 amide bonds. The van der Waals surface area contributed by atoms with Gasteiger partial charge in [-0.3, -0.25) is 9.59 Å². The van der Waals surface area contributed by atoms with Gasteiger partial charge in [0, 0.05) is 38.1 Å². The summed E-state index contributed by atoms with van der Waals surface area (Å²) in [5, 5.41) is 13.5. The molecular formula is C32H33N5O2. The summed E-state index contributed by atoms with van der Waals surface area (Å²) in [6.45, 7) is 3.01. The normalized spacial score (nSPS) is 17.9. The van der Waals surface area contributed by atoms with Gasteiger partial charge in [-0.25, -0.2) is 0 Å². The molecule has 1 N–H and O–H groups in total. The van der Waals surface area contributed by atoms with Crippen molar-refractivity contribution in [2.75, 3.05) is 36.4 Å². The highest BCUT2D eigenvalue weighted by molar-refractivity contribution is 5.93. The predicted molar refractivity (Wildman–Crippen MR) is 154 cm³/mol. The SMILES string of the molecule is O=C(Nc1ccc(C2CCN(C(=O)Cc3cccc4ccccc34)CC2)cc1)[C@H]1CCN(c2cccnn2)C1. The van der Waals surface area contributed by atoms with E-state index in [4.69, 9.17) is 0 Å². The second-order valence-electron chi connectivity index (χ2n) is 10.6. The lowest BCUT2D eigenvalue weighted by Gasteiger charge is -2.32. The monoisotopic (exact) mass is 519 g/mol. The fraction of sp³-hybridized carbons (Fsp3) is 0.312. The maximum Gasteiger partial charge on any atom is 0.229 e. The van der Waals surface area contributed by atoms with Crippen LogP contribution in [0.5, 0.6) is 0 Å². The zero-order valence-electron chi connectivity index (χ0n) is 22.0. The van der Waals surface area contributed by atoms with Crippen LogP contribution in [0.3, 0.4) is 0 Å². The van der Waals surface area contributed by atoms with Gasteiger partial charge in [0.2, 0.25) is 11.8 Å². The third-order valence-corrected chi connectivity index (χ3v) is 8.16. The Morgan fingerprint density at radius 2 is 1.64 bits per heavy atom. The highest BCUT2D eigenvalue weighted by Gasteiger charge is 2.29. The molecule has 0 radical (unpaired) electrons. The number of carbonyl (C=O) groups excluding carboxylic acids is 2. The lowest BCUT2D eigenvalue weighted by atomic mass is 9.89. The lowest BCUT2D eigenvalue weighted by molar-refractivity contribution is -0.131. The minimum atomic E-state index is -0.0672. The smallest absolute Gasteiger partial charge is 0.229 e. The summed E-state index contributed by atoms with van der Waals surface area (Å²) in [4.78, 5) is 30.1. The first-order valence-corrected chi connectivity index (χ1v) is 13.8. The lowest BCUT2D eigenvalue weighted by Crippen LogP contribution is -2.38. The second kappa shape index (κ2) is 11.2. The Kier molecular flexibility index (Phi) is 7.21. The highest BCUT2D eigenvalue weighted by atomic mass is 16.2. The first-order chi connectivity index (χ1) is 19.1. The third-order valence-electron chi connectivity index (χ3n) is 8.16. The summed E-state index contributed by atoms with van der Waals surface area (Å²) in [7, 11) is 0. The summed E-state index contributed by atoms with van der Waals surface area (Å²) in [6, 6.07) is 26.5. The number of rotatable bonds is 6. The molecule has 2 saturated heterocycles. The van der Waals surface area contributed by atoms with Crippen LogP contribution in [0.1, 0.15) is 36.3 Å². The fourth-order valence-electron chi connectivity index (χ4n) is 5.91. The Labute approximate surface area is 228 Å². The molecule has 2 fully saturated rings. The Morgan fingerprint density at radius 1 is 0.846 bits per heavy atom. The van der Waals surface area contributed by atoms with Crippen LogP contribution in [0.2, 0.25) is 0 Å². The van der Waals surface area contributed by atoms with Crippen molar-refractivity contribution in [2.45, 2.75) is 31.6 Å². The fourth-order valence-corrected chi connectivity index (χ4v) is 5.91. The number of likely N-dealkylation sites (tertiary alicyclic amines) is 1. The maximum atomic E-state index is 13.1. The van der Waals surface area contributed by atoms with Crippen molar-refractivity contribution in [1.82, 2.24) is 15.1 Å². The molecule has 3 aromatic carbocycles. The van der Waals surface area contributed by atoms with Gasteiger partial charge < -0.3 is 15.1 Å². The van der Waals surface area contributed by atoms with Crippen molar-refractivity contribution in [1.29, 1.82) is 0 Å². The molecule has 0 saturated carbocycles.